The Hall–Kier alpha value is -1.44. The van der Waals surface area contributed by atoms with Gasteiger partial charge in [0, 0.05) is 45.3 Å². The number of hydrogen-bond donors (Lipinski definition) is 1. The maximum Gasteiger partial charge on any atom is 0.226 e. The Balaban J connectivity index is 1.47. The minimum absolute atomic E-state index is 0.0482. The Morgan fingerprint density at radius 1 is 1.25 bits per heavy atom. The van der Waals surface area contributed by atoms with Crippen molar-refractivity contribution < 1.29 is 18.8 Å². The van der Waals surface area contributed by atoms with E-state index in [4.69, 9.17) is 14.0 Å². The maximum absolute atomic E-state index is 12.1. The summed E-state index contributed by atoms with van der Waals surface area (Å²) in [5.41, 5.74) is 0. The molecule has 1 aromatic rings. The number of carbonyl (C=O) groups excluding carboxylic acids is 1. The van der Waals surface area contributed by atoms with Crippen molar-refractivity contribution in [3.63, 3.8) is 0 Å². The number of nitrogens with zero attached hydrogens (tertiary/aromatic N) is 2. The molecular weight excluding hydrogens is 310 g/mol. The smallest absolute Gasteiger partial charge is 0.226 e. The van der Waals surface area contributed by atoms with Crippen molar-refractivity contribution in [1.82, 2.24) is 10.1 Å². The highest BCUT2D eigenvalue weighted by atomic mass is 16.5. The van der Waals surface area contributed by atoms with Crippen LogP contribution in [-0.2, 0) is 14.3 Å². The van der Waals surface area contributed by atoms with Gasteiger partial charge >= 0.3 is 0 Å². The van der Waals surface area contributed by atoms with Crippen molar-refractivity contribution in [1.29, 1.82) is 0 Å². The zero-order valence-electron chi connectivity index (χ0n) is 14.3. The quantitative estimate of drug-likeness (QED) is 0.781. The molecular formula is C17H27N3O4. The number of carbonyl (C=O) groups is 1. The Labute approximate surface area is 142 Å². The lowest BCUT2D eigenvalue weighted by molar-refractivity contribution is -0.116. The van der Waals surface area contributed by atoms with E-state index in [9.17, 15) is 4.79 Å². The molecule has 1 amide bonds. The number of nitrogens with one attached hydrogen (secondary N) is 1. The molecule has 134 valence electrons. The molecule has 0 saturated carbocycles. The van der Waals surface area contributed by atoms with Gasteiger partial charge in [-0.2, -0.15) is 0 Å². The van der Waals surface area contributed by atoms with E-state index in [0.717, 1.165) is 52.0 Å². The van der Waals surface area contributed by atoms with Crippen molar-refractivity contribution >= 4 is 11.7 Å². The first-order chi connectivity index (χ1) is 11.7. The van der Waals surface area contributed by atoms with E-state index in [2.05, 4.69) is 15.4 Å². The van der Waals surface area contributed by atoms with Crippen LogP contribution in [0.2, 0.25) is 0 Å². The molecule has 0 aromatic carbocycles. The summed E-state index contributed by atoms with van der Waals surface area (Å²) in [4.78, 5) is 14.4. The minimum atomic E-state index is -0.0482. The molecule has 0 radical (unpaired) electrons. The highest BCUT2D eigenvalue weighted by Crippen LogP contribution is 2.17. The summed E-state index contributed by atoms with van der Waals surface area (Å²) < 4.78 is 16.5. The fourth-order valence-corrected chi connectivity index (χ4v) is 3.30. The summed E-state index contributed by atoms with van der Waals surface area (Å²) in [6.45, 7) is 5.94. The average molecular weight is 337 g/mol. The first-order valence-corrected chi connectivity index (χ1v) is 8.88. The second-order valence-electron chi connectivity index (χ2n) is 6.65. The Kier molecular flexibility index (Phi) is 6.23. The zero-order chi connectivity index (χ0) is 16.8. The largest absolute Gasteiger partial charge is 0.377 e. The predicted molar refractivity (Wildman–Crippen MR) is 88.9 cm³/mol. The molecule has 2 aliphatic heterocycles. The lowest BCUT2D eigenvalue weighted by Crippen LogP contribution is -2.39. The molecule has 2 fully saturated rings. The van der Waals surface area contributed by atoms with Gasteiger partial charge < -0.3 is 19.3 Å². The van der Waals surface area contributed by atoms with E-state index >= 15 is 0 Å². The third kappa shape index (κ3) is 5.29. The molecule has 0 unspecified atom stereocenters. The van der Waals surface area contributed by atoms with Gasteiger partial charge in [-0.1, -0.05) is 5.16 Å². The van der Waals surface area contributed by atoms with Crippen LogP contribution in [0.25, 0.3) is 0 Å². The third-order valence-electron chi connectivity index (χ3n) is 4.52. The molecule has 1 aromatic heterocycles. The van der Waals surface area contributed by atoms with Gasteiger partial charge in [-0.25, -0.2) is 0 Å². The second-order valence-corrected chi connectivity index (χ2v) is 6.65. The predicted octanol–water partition coefficient (Wildman–Crippen LogP) is 1.97. The molecule has 24 heavy (non-hydrogen) atoms. The first-order valence-electron chi connectivity index (χ1n) is 8.88. The number of anilines is 1. The number of aryl methyl sites for hydroxylation is 1. The summed E-state index contributed by atoms with van der Waals surface area (Å²) in [6.07, 6.45) is 5.46. The number of aromatic nitrogens is 1. The Bertz CT molecular complexity index is 504. The summed E-state index contributed by atoms with van der Waals surface area (Å²) in [7, 11) is 0. The number of amides is 1. The van der Waals surface area contributed by atoms with E-state index in [1.54, 1.807) is 13.0 Å². The van der Waals surface area contributed by atoms with Crippen LogP contribution >= 0.6 is 0 Å². The summed E-state index contributed by atoms with van der Waals surface area (Å²) in [5.74, 6) is 1.11. The van der Waals surface area contributed by atoms with Crippen LogP contribution in [-0.4, -0.2) is 61.0 Å². The monoisotopic (exact) mass is 337 g/mol. The van der Waals surface area contributed by atoms with Gasteiger partial charge in [0.15, 0.2) is 5.82 Å². The van der Waals surface area contributed by atoms with E-state index in [1.165, 1.54) is 0 Å². The molecule has 1 N–H and O–H groups in total. The van der Waals surface area contributed by atoms with Crippen LogP contribution < -0.4 is 5.32 Å². The molecule has 2 atom stereocenters. The summed E-state index contributed by atoms with van der Waals surface area (Å²) in [6, 6.07) is 1.72. The van der Waals surface area contributed by atoms with Crippen molar-refractivity contribution in [2.45, 2.75) is 51.2 Å². The van der Waals surface area contributed by atoms with Crippen molar-refractivity contribution in [2.75, 3.05) is 38.2 Å². The lowest BCUT2D eigenvalue weighted by Gasteiger charge is -2.27. The van der Waals surface area contributed by atoms with Crippen molar-refractivity contribution in [2.24, 2.45) is 0 Å². The molecule has 7 nitrogen and oxygen atoms in total. The van der Waals surface area contributed by atoms with Gasteiger partial charge in [-0.15, -0.1) is 0 Å². The van der Waals surface area contributed by atoms with E-state index in [1.807, 2.05) is 0 Å². The molecule has 0 spiro atoms. The highest BCUT2D eigenvalue weighted by molar-refractivity contribution is 5.89. The minimum Gasteiger partial charge on any atom is -0.377 e. The van der Waals surface area contributed by atoms with Crippen LogP contribution in [0.1, 0.15) is 37.9 Å². The Morgan fingerprint density at radius 2 is 1.92 bits per heavy atom. The molecule has 0 aliphatic carbocycles. The van der Waals surface area contributed by atoms with Crippen LogP contribution in [0.15, 0.2) is 10.6 Å². The lowest BCUT2D eigenvalue weighted by atomic mass is 10.2. The van der Waals surface area contributed by atoms with E-state index in [0.29, 0.717) is 24.5 Å². The standard InChI is InChI=1S/C17H27N3O4/c1-13-10-16(19-24-13)18-17(21)6-7-20(11-14-4-2-8-22-14)12-15-5-3-9-23-15/h10,14-15H,2-9,11-12H2,1H3,(H,18,19,21)/t14-,15-/m0/s1. The van der Waals surface area contributed by atoms with Gasteiger partial charge in [-0.3, -0.25) is 9.69 Å². The maximum atomic E-state index is 12.1. The zero-order valence-corrected chi connectivity index (χ0v) is 14.3. The van der Waals surface area contributed by atoms with Gasteiger partial charge in [0.05, 0.1) is 12.2 Å². The van der Waals surface area contributed by atoms with Gasteiger partial charge in [-0.05, 0) is 32.6 Å². The summed E-state index contributed by atoms with van der Waals surface area (Å²) >= 11 is 0. The van der Waals surface area contributed by atoms with Gasteiger partial charge in [0.25, 0.3) is 0 Å². The van der Waals surface area contributed by atoms with Crippen LogP contribution in [0.4, 0.5) is 5.82 Å². The van der Waals surface area contributed by atoms with E-state index < -0.39 is 0 Å². The van der Waals surface area contributed by atoms with Crippen LogP contribution in [0.5, 0.6) is 0 Å². The van der Waals surface area contributed by atoms with E-state index in [-0.39, 0.29) is 18.1 Å². The van der Waals surface area contributed by atoms with Crippen molar-refractivity contribution in [3.8, 4) is 0 Å². The fourth-order valence-electron chi connectivity index (χ4n) is 3.30. The molecule has 2 saturated heterocycles. The molecule has 3 heterocycles. The summed E-state index contributed by atoms with van der Waals surface area (Å²) in [5, 5.41) is 6.56. The molecule has 2 aliphatic rings. The third-order valence-corrected chi connectivity index (χ3v) is 4.52. The molecule has 7 heteroatoms. The van der Waals surface area contributed by atoms with Crippen LogP contribution in [0, 0.1) is 6.92 Å². The number of rotatable bonds is 8. The van der Waals surface area contributed by atoms with Gasteiger partial charge in [0.2, 0.25) is 5.91 Å². The molecule has 0 bridgehead atoms. The topological polar surface area (TPSA) is 76.8 Å². The highest BCUT2D eigenvalue weighted by Gasteiger charge is 2.24. The second kappa shape index (κ2) is 8.60. The number of hydrogen-bond acceptors (Lipinski definition) is 6. The van der Waals surface area contributed by atoms with Crippen molar-refractivity contribution in [3.05, 3.63) is 11.8 Å². The van der Waals surface area contributed by atoms with Gasteiger partial charge in [0.1, 0.15) is 5.76 Å². The SMILES string of the molecule is Cc1cc(NC(=O)CCN(C[C@@H]2CCCO2)C[C@@H]2CCCO2)no1. The fraction of sp³-hybridized carbons (Fsp3) is 0.765. The number of ether oxygens (including phenoxy) is 2. The normalized spacial score (nSPS) is 23.9. The Morgan fingerprint density at radius 3 is 2.42 bits per heavy atom. The average Bonchev–Trinajstić information content (AvgIpc) is 3.29. The van der Waals surface area contributed by atoms with Crippen LogP contribution in [0.3, 0.4) is 0 Å². The molecule has 3 rings (SSSR count). The first kappa shape index (κ1) is 17.4.